The molecule has 0 amide bonds. The number of hydrogen-bond donors (Lipinski definition) is 1. The quantitative estimate of drug-likeness (QED) is 0.850. The Bertz CT molecular complexity index is 546. The van der Waals surface area contributed by atoms with Crippen LogP contribution >= 0.6 is 11.3 Å². The lowest BCUT2D eigenvalue weighted by molar-refractivity contribution is -0.137. The molecule has 0 aliphatic rings. The number of aryl methyl sites for hydroxylation is 1. The molecule has 108 valence electrons. The first-order valence-corrected chi connectivity index (χ1v) is 7.10. The number of aromatic nitrogens is 1. The van der Waals surface area contributed by atoms with Crippen LogP contribution in [0.3, 0.4) is 0 Å². The Labute approximate surface area is 119 Å². The monoisotopic (exact) mass is 300 g/mol. The van der Waals surface area contributed by atoms with Crippen molar-refractivity contribution in [1.82, 2.24) is 10.3 Å². The van der Waals surface area contributed by atoms with Crippen LogP contribution in [0.5, 0.6) is 0 Å². The molecule has 2 nitrogen and oxygen atoms in total. The number of benzene rings is 1. The fourth-order valence-electron chi connectivity index (χ4n) is 1.81. The molecule has 20 heavy (non-hydrogen) atoms. The fraction of sp³-hybridized carbons (Fsp3) is 0.357. The Hall–Kier alpha value is -1.40. The fourth-order valence-corrected chi connectivity index (χ4v) is 2.59. The van der Waals surface area contributed by atoms with Gasteiger partial charge in [-0.2, -0.15) is 13.2 Å². The van der Waals surface area contributed by atoms with Gasteiger partial charge in [-0.1, -0.05) is 12.1 Å². The van der Waals surface area contributed by atoms with Crippen molar-refractivity contribution in [2.75, 3.05) is 6.54 Å². The second-order valence-electron chi connectivity index (χ2n) is 4.48. The largest absolute Gasteiger partial charge is 0.416 e. The van der Waals surface area contributed by atoms with Gasteiger partial charge in [0.15, 0.2) is 0 Å². The first kappa shape index (κ1) is 15.0. The lowest BCUT2D eigenvalue weighted by Crippen LogP contribution is -2.16. The molecule has 0 atom stereocenters. The Morgan fingerprint density at radius 3 is 2.45 bits per heavy atom. The highest BCUT2D eigenvalue weighted by atomic mass is 32.1. The molecule has 1 heterocycles. The van der Waals surface area contributed by atoms with Gasteiger partial charge in [-0.25, -0.2) is 4.98 Å². The van der Waals surface area contributed by atoms with Crippen molar-refractivity contribution in [1.29, 1.82) is 0 Å². The topological polar surface area (TPSA) is 24.9 Å². The molecule has 0 aliphatic heterocycles. The number of nitrogens with one attached hydrogen (secondary N) is 1. The first-order valence-electron chi connectivity index (χ1n) is 6.22. The van der Waals surface area contributed by atoms with E-state index in [0.29, 0.717) is 6.54 Å². The van der Waals surface area contributed by atoms with Crippen molar-refractivity contribution in [3.63, 3.8) is 0 Å². The van der Waals surface area contributed by atoms with Crippen LogP contribution < -0.4 is 5.32 Å². The lowest BCUT2D eigenvalue weighted by atomic mass is 10.1. The third-order valence-corrected chi connectivity index (χ3v) is 3.98. The highest BCUT2D eigenvalue weighted by Crippen LogP contribution is 2.29. The number of rotatable bonds is 5. The van der Waals surface area contributed by atoms with Gasteiger partial charge in [0, 0.05) is 18.0 Å². The standard InChI is InChI=1S/C14H15F3N2S/c1-10-13(20-9-19-10)6-7-18-8-11-2-4-12(5-3-11)14(15,16)17/h2-5,9,18H,6-8H2,1H3. The summed E-state index contributed by atoms with van der Waals surface area (Å²) in [6.07, 6.45) is -3.38. The number of nitrogens with zero attached hydrogens (tertiary/aromatic N) is 1. The van der Waals surface area contributed by atoms with Gasteiger partial charge >= 0.3 is 6.18 Å². The van der Waals surface area contributed by atoms with Crippen LogP contribution in [0.15, 0.2) is 29.8 Å². The van der Waals surface area contributed by atoms with E-state index >= 15 is 0 Å². The zero-order valence-corrected chi connectivity index (χ0v) is 11.8. The molecule has 1 aromatic heterocycles. The van der Waals surface area contributed by atoms with E-state index in [-0.39, 0.29) is 0 Å². The Kier molecular flexibility index (Phi) is 4.77. The van der Waals surface area contributed by atoms with Crippen molar-refractivity contribution in [2.24, 2.45) is 0 Å². The number of halogens is 3. The van der Waals surface area contributed by atoms with Crippen molar-refractivity contribution >= 4 is 11.3 Å². The second kappa shape index (κ2) is 6.37. The van der Waals surface area contributed by atoms with Crippen LogP contribution in [0.1, 0.15) is 21.7 Å². The Balaban J connectivity index is 1.78. The lowest BCUT2D eigenvalue weighted by Gasteiger charge is -2.08. The molecule has 1 N–H and O–H groups in total. The van der Waals surface area contributed by atoms with Crippen LogP contribution in [0, 0.1) is 6.92 Å². The minimum Gasteiger partial charge on any atom is -0.312 e. The maximum Gasteiger partial charge on any atom is 0.416 e. The molecule has 0 fully saturated rings. The maximum atomic E-state index is 12.4. The molecule has 0 aliphatic carbocycles. The first-order chi connectivity index (χ1) is 9.47. The van der Waals surface area contributed by atoms with Gasteiger partial charge in [-0.3, -0.25) is 0 Å². The van der Waals surface area contributed by atoms with Gasteiger partial charge in [-0.05, 0) is 31.0 Å². The van der Waals surface area contributed by atoms with Gasteiger partial charge in [0.2, 0.25) is 0 Å². The summed E-state index contributed by atoms with van der Waals surface area (Å²) in [6.45, 7) is 3.32. The van der Waals surface area contributed by atoms with Crippen LogP contribution in [0.25, 0.3) is 0 Å². The summed E-state index contributed by atoms with van der Waals surface area (Å²) >= 11 is 1.62. The van der Waals surface area contributed by atoms with Crippen LogP contribution in [0.4, 0.5) is 13.2 Å². The summed E-state index contributed by atoms with van der Waals surface area (Å²) < 4.78 is 37.2. The van der Waals surface area contributed by atoms with E-state index < -0.39 is 11.7 Å². The molecular weight excluding hydrogens is 285 g/mol. The summed E-state index contributed by atoms with van der Waals surface area (Å²) in [4.78, 5) is 5.41. The zero-order chi connectivity index (χ0) is 14.6. The second-order valence-corrected chi connectivity index (χ2v) is 5.42. The van der Waals surface area contributed by atoms with E-state index in [0.717, 1.165) is 36.4 Å². The van der Waals surface area contributed by atoms with Crippen LogP contribution in [-0.4, -0.2) is 11.5 Å². The predicted octanol–water partition coefficient (Wildman–Crippen LogP) is 3.80. The predicted molar refractivity (Wildman–Crippen MR) is 73.7 cm³/mol. The van der Waals surface area contributed by atoms with E-state index in [9.17, 15) is 13.2 Å². The van der Waals surface area contributed by atoms with E-state index in [1.165, 1.54) is 17.0 Å². The minimum atomic E-state index is -4.27. The molecule has 0 unspecified atom stereocenters. The molecular formula is C14H15F3N2S. The normalized spacial score (nSPS) is 11.8. The molecule has 1 aromatic carbocycles. The van der Waals surface area contributed by atoms with Gasteiger partial charge in [-0.15, -0.1) is 11.3 Å². The third kappa shape index (κ3) is 4.05. The SMILES string of the molecule is Cc1ncsc1CCNCc1ccc(C(F)(F)F)cc1. The summed E-state index contributed by atoms with van der Waals surface area (Å²) in [6, 6.07) is 5.25. The Morgan fingerprint density at radius 1 is 1.20 bits per heavy atom. The van der Waals surface area contributed by atoms with Crippen molar-refractivity contribution in [3.05, 3.63) is 51.5 Å². The average Bonchev–Trinajstić information content (AvgIpc) is 2.80. The summed E-state index contributed by atoms with van der Waals surface area (Å²) in [5.41, 5.74) is 3.10. The molecule has 0 saturated carbocycles. The van der Waals surface area contributed by atoms with E-state index in [1.807, 2.05) is 12.4 Å². The molecule has 0 bridgehead atoms. The smallest absolute Gasteiger partial charge is 0.312 e. The molecule has 2 aromatic rings. The number of alkyl halides is 3. The van der Waals surface area contributed by atoms with E-state index in [1.54, 1.807) is 11.3 Å². The highest BCUT2D eigenvalue weighted by Gasteiger charge is 2.29. The highest BCUT2D eigenvalue weighted by molar-refractivity contribution is 7.09. The zero-order valence-electron chi connectivity index (χ0n) is 11.0. The molecule has 0 saturated heterocycles. The van der Waals surface area contributed by atoms with Gasteiger partial charge in [0.05, 0.1) is 16.8 Å². The van der Waals surface area contributed by atoms with Crippen LogP contribution in [0.2, 0.25) is 0 Å². The van der Waals surface area contributed by atoms with E-state index in [4.69, 9.17) is 0 Å². The van der Waals surface area contributed by atoms with Gasteiger partial charge in [0.25, 0.3) is 0 Å². The summed E-state index contributed by atoms with van der Waals surface area (Å²) in [7, 11) is 0. The Morgan fingerprint density at radius 2 is 1.90 bits per heavy atom. The number of hydrogen-bond acceptors (Lipinski definition) is 3. The van der Waals surface area contributed by atoms with Crippen LogP contribution in [-0.2, 0) is 19.1 Å². The minimum absolute atomic E-state index is 0.565. The molecule has 0 radical (unpaired) electrons. The maximum absolute atomic E-state index is 12.4. The number of thiazole rings is 1. The molecule has 0 spiro atoms. The van der Waals surface area contributed by atoms with Gasteiger partial charge < -0.3 is 5.32 Å². The molecule has 6 heteroatoms. The summed E-state index contributed by atoms with van der Waals surface area (Å²) in [5, 5.41) is 3.22. The van der Waals surface area contributed by atoms with Crippen molar-refractivity contribution in [2.45, 2.75) is 26.1 Å². The third-order valence-electron chi connectivity index (χ3n) is 2.98. The average molecular weight is 300 g/mol. The van der Waals surface area contributed by atoms with E-state index in [2.05, 4.69) is 10.3 Å². The summed E-state index contributed by atoms with van der Waals surface area (Å²) in [5.74, 6) is 0. The molecule has 2 rings (SSSR count). The van der Waals surface area contributed by atoms with Crippen molar-refractivity contribution in [3.8, 4) is 0 Å². The van der Waals surface area contributed by atoms with Crippen molar-refractivity contribution < 1.29 is 13.2 Å². The van der Waals surface area contributed by atoms with Gasteiger partial charge in [0.1, 0.15) is 0 Å².